The van der Waals surface area contributed by atoms with Crippen LogP contribution in [0, 0.1) is 5.92 Å². The fourth-order valence-corrected chi connectivity index (χ4v) is 1.43. The summed E-state index contributed by atoms with van der Waals surface area (Å²) in [5.41, 5.74) is 6.40. The average molecular weight is 245 g/mol. The topological polar surface area (TPSA) is 55.5 Å². The summed E-state index contributed by atoms with van der Waals surface area (Å²) in [5.74, 6) is 0.191. The zero-order chi connectivity index (χ0) is 13.0. The molecule has 0 radical (unpaired) electrons. The normalized spacial score (nSPS) is 15.1. The van der Waals surface area contributed by atoms with Crippen molar-refractivity contribution in [2.45, 2.75) is 32.6 Å². The Balaban J connectivity index is 2.73. The second kappa shape index (κ2) is 5.93. The van der Waals surface area contributed by atoms with E-state index in [9.17, 15) is 13.9 Å². The Kier molecular flexibility index (Phi) is 4.84. The molecule has 0 aliphatic carbocycles. The van der Waals surface area contributed by atoms with Crippen LogP contribution in [0.3, 0.4) is 0 Å². The Bertz CT molecular complexity index is 341. The highest BCUT2D eigenvalue weighted by Crippen LogP contribution is 2.23. The van der Waals surface area contributed by atoms with Crippen LogP contribution in [0.2, 0.25) is 0 Å². The number of halogens is 2. The number of benzene rings is 1. The molecule has 17 heavy (non-hydrogen) atoms. The van der Waals surface area contributed by atoms with E-state index in [1.807, 2.05) is 13.8 Å². The van der Waals surface area contributed by atoms with Crippen LogP contribution >= 0.6 is 0 Å². The van der Waals surface area contributed by atoms with Crippen molar-refractivity contribution in [3.05, 3.63) is 29.8 Å². The van der Waals surface area contributed by atoms with Crippen LogP contribution in [0.15, 0.2) is 24.3 Å². The molecule has 0 aliphatic heterocycles. The molecule has 0 aliphatic rings. The van der Waals surface area contributed by atoms with Gasteiger partial charge >= 0.3 is 6.61 Å². The summed E-state index contributed by atoms with van der Waals surface area (Å²) in [6.45, 7) is 0.966. The summed E-state index contributed by atoms with van der Waals surface area (Å²) in [6, 6.07) is 5.45. The first-order valence-electron chi connectivity index (χ1n) is 5.40. The summed E-state index contributed by atoms with van der Waals surface area (Å²) in [7, 11) is 0. The number of hydrogen-bond donors (Lipinski definition) is 2. The lowest BCUT2D eigenvalue weighted by Gasteiger charge is -2.22. The molecule has 0 aromatic heterocycles. The van der Waals surface area contributed by atoms with Gasteiger partial charge in [-0.2, -0.15) is 8.78 Å². The molecule has 1 aromatic rings. The second-order valence-corrected chi connectivity index (χ2v) is 4.21. The Hall–Kier alpha value is -1.20. The monoisotopic (exact) mass is 245 g/mol. The molecule has 3 N–H and O–H groups in total. The Labute approximate surface area is 99.2 Å². The number of aliphatic hydroxyl groups excluding tert-OH is 1. The van der Waals surface area contributed by atoms with Gasteiger partial charge in [0.2, 0.25) is 0 Å². The maximum Gasteiger partial charge on any atom is 0.387 e. The fourth-order valence-electron chi connectivity index (χ4n) is 1.43. The maximum atomic E-state index is 11.9. The molecule has 96 valence electrons. The molecule has 1 aromatic carbocycles. The van der Waals surface area contributed by atoms with Gasteiger partial charge in [-0.25, -0.2) is 0 Å². The highest BCUT2D eigenvalue weighted by molar-refractivity contribution is 5.29. The quantitative estimate of drug-likeness (QED) is 0.837. The van der Waals surface area contributed by atoms with E-state index in [1.165, 1.54) is 24.3 Å². The van der Waals surface area contributed by atoms with Crippen LogP contribution in [0.25, 0.3) is 0 Å². The van der Waals surface area contributed by atoms with Gasteiger partial charge < -0.3 is 15.6 Å². The van der Waals surface area contributed by atoms with Crippen LogP contribution in [-0.2, 0) is 0 Å². The van der Waals surface area contributed by atoms with Crippen molar-refractivity contribution in [1.82, 2.24) is 0 Å². The minimum absolute atomic E-state index is 0.0640. The summed E-state index contributed by atoms with van der Waals surface area (Å²) >= 11 is 0. The molecule has 0 fully saturated rings. The van der Waals surface area contributed by atoms with Gasteiger partial charge in [0.25, 0.3) is 0 Å². The highest BCUT2D eigenvalue weighted by atomic mass is 19.3. The van der Waals surface area contributed by atoms with Gasteiger partial charge in [-0.15, -0.1) is 0 Å². The van der Waals surface area contributed by atoms with Gasteiger partial charge in [0.1, 0.15) is 5.75 Å². The smallest absolute Gasteiger partial charge is 0.387 e. The van der Waals surface area contributed by atoms with Gasteiger partial charge in [-0.05, 0) is 23.6 Å². The van der Waals surface area contributed by atoms with Gasteiger partial charge in [0, 0.05) is 6.04 Å². The first-order valence-corrected chi connectivity index (χ1v) is 5.40. The Morgan fingerprint density at radius 2 is 1.71 bits per heavy atom. The van der Waals surface area contributed by atoms with Gasteiger partial charge in [-0.1, -0.05) is 26.0 Å². The Morgan fingerprint density at radius 1 is 1.18 bits per heavy atom. The molecule has 0 unspecified atom stereocenters. The standard InChI is InChI=1S/C12H17F2NO2/c1-7(2)10(15)11(16)8-3-5-9(6-4-8)17-12(13)14/h3-7,10-12,16H,15H2,1-2H3/t10-,11+/m0/s1. The molecule has 2 atom stereocenters. The van der Waals surface area contributed by atoms with E-state index in [-0.39, 0.29) is 11.7 Å². The zero-order valence-electron chi connectivity index (χ0n) is 9.81. The van der Waals surface area contributed by atoms with Gasteiger partial charge in [0.15, 0.2) is 0 Å². The third kappa shape index (κ3) is 3.94. The molecule has 0 spiro atoms. The summed E-state index contributed by atoms with van der Waals surface area (Å²) in [6.07, 6.45) is -0.810. The Morgan fingerprint density at radius 3 is 2.12 bits per heavy atom. The number of rotatable bonds is 5. The SMILES string of the molecule is CC(C)[C@H](N)[C@H](O)c1ccc(OC(F)F)cc1. The van der Waals surface area contributed by atoms with Crippen LogP contribution in [0.5, 0.6) is 5.75 Å². The van der Waals surface area contributed by atoms with Crippen molar-refractivity contribution in [3.8, 4) is 5.75 Å². The largest absolute Gasteiger partial charge is 0.435 e. The molecule has 0 saturated heterocycles. The predicted molar refractivity (Wildman–Crippen MR) is 60.8 cm³/mol. The highest BCUT2D eigenvalue weighted by Gasteiger charge is 2.19. The average Bonchev–Trinajstić information content (AvgIpc) is 2.27. The molecular formula is C12H17F2NO2. The lowest BCUT2D eigenvalue weighted by molar-refractivity contribution is -0.0498. The minimum atomic E-state index is -2.84. The van der Waals surface area contributed by atoms with Crippen molar-refractivity contribution in [2.75, 3.05) is 0 Å². The molecular weight excluding hydrogens is 228 g/mol. The van der Waals surface area contributed by atoms with Crippen molar-refractivity contribution in [1.29, 1.82) is 0 Å². The first-order chi connectivity index (χ1) is 7.91. The molecule has 1 rings (SSSR count). The third-order valence-corrected chi connectivity index (χ3v) is 2.58. The molecule has 0 heterocycles. The summed E-state index contributed by atoms with van der Waals surface area (Å²) < 4.78 is 28.1. The molecule has 0 bridgehead atoms. The lowest BCUT2D eigenvalue weighted by atomic mass is 9.94. The summed E-state index contributed by atoms with van der Waals surface area (Å²) in [4.78, 5) is 0. The molecule has 3 nitrogen and oxygen atoms in total. The maximum absolute atomic E-state index is 11.9. The molecule has 0 saturated carbocycles. The van der Waals surface area contributed by atoms with Gasteiger partial charge in [-0.3, -0.25) is 0 Å². The minimum Gasteiger partial charge on any atom is -0.435 e. The van der Waals surface area contributed by atoms with Crippen LogP contribution in [0.4, 0.5) is 8.78 Å². The van der Waals surface area contributed by atoms with Crippen molar-refractivity contribution in [3.63, 3.8) is 0 Å². The summed E-state index contributed by atoms with van der Waals surface area (Å²) in [5, 5.41) is 9.92. The number of ether oxygens (including phenoxy) is 1. The lowest BCUT2D eigenvalue weighted by Crippen LogP contribution is -2.33. The van der Waals surface area contributed by atoms with Crippen molar-refractivity contribution in [2.24, 2.45) is 11.7 Å². The third-order valence-electron chi connectivity index (χ3n) is 2.58. The van der Waals surface area contributed by atoms with Gasteiger partial charge in [0.05, 0.1) is 6.10 Å². The zero-order valence-corrected chi connectivity index (χ0v) is 9.81. The van der Waals surface area contributed by atoms with Crippen molar-refractivity contribution >= 4 is 0 Å². The van der Waals surface area contributed by atoms with Crippen molar-refractivity contribution < 1.29 is 18.6 Å². The number of hydrogen-bond acceptors (Lipinski definition) is 3. The van der Waals surface area contributed by atoms with Crippen LogP contribution in [-0.4, -0.2) is 17.8 Å². The van der Waals surface area contributed by atoms with Crippen LogP contribution in [0.1, 0.15) is 25.5 Å². The van der Waals surface area contributed by atoms with E-state index in [0.717, 1.165) is 0 Å². The number of alkyl halides is 2. The van der Waals surface area contributed by atoms with E-state index < -0.39 is 18.8 Å². The van der Waals surface area contributed by atoms with E-state index in [1.54, 1.807) is 0 Å². The van der Waals surface area contributed by atoms with E-state index in [2.05, 4.69) is 4.74 Å². The predicted octanol–water partition coefficient (Wildman–Crippen LogP) is 2.30. The van der Waals surface area contributed by atoms with E-state index in [4.69, 9.17) is 5.73 Å². The number of nitrogens with two attached hydrogens (primary N) is 1. The van der Waals surface area contributed by atoms with Crippen LogP contribution < -0.4 is 10.5 Å². The molecule has 0 amide bonds. The van der Waals surface area contributed by atoms with E-state index in [0.29, 0.717) is 5.56 Å². The van der Waals surface area contributed by atoms with E-state index >= 15 is 0 Å². The first kappa shape index (κ1) is 13.9. The fraction of sp³-hybridized carbons (Fsp3) is 0.500. The number of aliphatic hydroxyl groups is 1. The molecule has 5 heteroatoms. The second-order valence-electron chi connectivity index (χ2n) is 4.21.